The molecule has 0 aliphatic heterocycles. The number of carbonyl (C=O) groups is 1. The molecule has 16 heavy (non-hydrogen) atoms. The van der Waals surface area contributed by atoms with Crippen LogP contribution in [0.2, 0.25) is 0 Å². The Balaban J connectivity index is 2.58. The monoisotopic (exact) mass is 220 g/mol. The van der Waals surface area contributed by atoms with Crippen molar-refractivity contribution in [3.05, 3.63) is 28.8 Å². The maximum absolute atomic E-state index is 11.3. The van der Waals surface area contributed by atoms with Crippen LogP contribution in [0.4, 0.5) is 0 Å². The maximum atomic E-state index is 11.3. The molecule has 2 rings (SSSR count). The lowest BCUT2D eigenvalue weighted by atomic mass is 9.91. The predicted molar refractivity (Wildman–Crippen MR) is 61.0 cm³/mol. The molecule has 0 aromatic heterocycles. The highest BCUT2D eigenvalue weighted by Gasteiger charge is 2.53. The van der Waals surface area contributed by atoms with Gasteiger partial charge in [-0.1, -0.05) is 12.1 Å². The van der Waals surface area contributed by atoms with Crippen molar-refractivity contribution in [1.82, 2.24) is 0 Å². The second-order valence-corrected chi connectivity index (χ2v) is 4.48. The van der Waals surface area contributed by atoms with Gasteiger partial charge in [-0.05, 0) is 37.8 Å². The molecule has 0 amide bonds. The Hall–Kier alpha value is -1.51. The van der Waals surface area contributed by atoms with Crippen LogP contribution in [0.15, 0.2) is 12.1 Å². The van der Waals surface area contributed by atoms with Crippen LogP contribution >= 0.6 is 0 Å². The summed E-state index contributed by atoms with van der Waals surface area (Å²) < 4.78 is 5.37. The van der Waals surface area contributed by atoms with Gasteiger partial charge in [0, 0.05) is 5.56 Å². The van der Waals surface area contributed by atoms with Crippen molar-refractivity contribution < 1.29 is 14.6 Å². The van der Waals surface area contributed by atoms with Crippen LogP contribution in [0, 0.1) is 13.8 Å². The maximum Gasteiger partial charge on any atom is 0.314 e. The van der Waals surface area contributed by atoms with Gasteiger partial charge in [0.15, 0.2) is 0 Å². The van der Waals surface area contributed by atoms with Crippen molar-refractivity contribution in [2.24, 2.45) is 0 Å². The highest BCUT2D eigenvalue weighted by molar-refractivity contribution is 5.86. The third-order valence-corrected chi connectivity index (χ3v) is 3.56. The van der Waals surface area contributed by atoms with Crippen molar-refractivity contribution >= 4 is 5.97 Å². The van der Waals surface area contributed by atoms with Crippen LogP contribution in [0.1, 0.15) is 29.5 Å². The summed E-state index contributed by atoms with van der Waals surface area (Å²) in [5.41, 5.74) is 2.30. The van der Waals surface area contributed by atoms with Gasteiger partial charge < -0.3 is 9.84 Å². The fraction of sp³-hybridized carbons (Fsp3) is 0.462. The Bertz CT molecular complexity index is 445. The molecule has 1 N–H and O–H groups in total. The Labute approximate surface area is 95.0 Å². The van der Waals surface area contributed by atoms with E-state index in [-0.39, 0.29) is 0 Å². The molecule has 0 unspecified atom stereocenters. The Morgan fingerprint density at radius 3 is 2.44 bits per heavy atom. The zero-order valence-electron chi connectivity index (χ0n) is 9.83. The van der Waals surface area contributed by atoms with E-state index in [1.165, 1.54) is 0 Å². The van der Waals surface area contributed by atoms with Crippen LogP contribution in [0.3, 0.4) is 0 Å². The second kappa shape index (κ2) is 3.51. The first-order valence-corrected chi connectivity index (χ1v) is 5.41. The summed E-state index contributed by atoms with van der Waals surface area (Å²) in [5, 5.41) is 9.28. The normalized spacial score (nSPS) is 16.9. The van der Waals surface area contributed by atoms with Gasteiger partial charge in [0.05, 0.1) is 12.5 Å². The number of aryl methyl sites for hydroxylation is 1. The second-order valence-electron chi connectivity index (χ2n) is 4.48. The van der Waals surface area contributed by atoms with Gasteiger partial charge in [-0.25, -0.2) is 0 Å². The topological polar surface area (TPSA) is 46.5 Å². The summed E-state index contributed by atoms with van der Waals surface area (Å²) in [5.74, 6) is -0.00560. The van der Waals surface area contributed by atoms with E-state index in [1.54, 1.807) is 7.11 Å². The summed E-state index contributed by atoms with van der Waals surface area (Å²) >= 11 is 0. The molecule has 1 aromatic rings. The fourth-order valence-corrected chi connectivity index (χ4v) is 2.15. The standard InChI is InChI=1S/C13H16O3/c1-8-4-5-10(11(16-3)9(8)2)13(6-7-13)12(14)15/h4-5H,6-7H2,1-3H3,(H,14,15). The van der Waals surface area contributed by atoms with Crippen molar-refractivity contribution in [3.8, 4) is 5.75 Å². The van der Waals surface area contributed by atoms with Crippen LogP contribution in [0.5, 0.6) is 5.75 Å². The molecule has 1 fully saturated rings. The first kappa shape index (κ1) is 11.0. The number of carboxylic acids is 1. The Morgan fingerprint density at radius 1 is 1.38 bits per heavy atom. The van der Waals surface area contributed by atoms with Gasteiger partial charge in [-0.2, -0.15) is 0 Å². The highest BCUT2D eigenvalue weighted by Crippen LogP contribution is 2.52. The minimum Gasteiger partial charge on any atom is -0.496 e. The Morgan fingerprint density at radius 2 is 2.00 bits per heavy atom. The number of hydrogen-bond donors (Lipinski definition) is 1. The van der Waals surface area contributed by atoms with Gasteiger partial charge in [-0.3, -0.25) is 4.79 Å². The van der Waals surface area contributed by atoms with Crippen molar-refractivity contribution in [2.45, 2.75) is 32.1 Å². The van der Waals surface area contributed by atoms with Crippen LogP contribution in [0.25, 0.3) is 0 Å². The smallest absolute Gasteiger partial charge is 0.314 e. The van der Waals surface area contributed by atoms with E-state index in [0.29, 0.717) is 12.8 Å². The van der Waals surface area contributed by atoms with Gasteiger partial charge >= 0.3 is 5.97 Å². The van der Waals surface area contributed by atoms with E-state index in [4.69, 9.17) is 4.74 Å². The van der Waals surface area contributed by atoms with Gasteiger partial charge in [-0.15, -0.1) is 0 Å². The number of hydrogen-bond acceptors (Lipinski definition) is 2. The Kier molecular flexibility index (Phi) is 2.41. The van der Waals surface area contributed by atoms with Gasteiger partial charge in [0.2, 0.25) is 0 Å². The number of benzene rings is 1. The van der Waals surface area contributed by atoms with E-state index in [2.05, 4.69) is 0 Å². The van der Waals surface area contributed by atoms with Crippen LogP contribution in [-0.4, -0.2) is 18.2 Å². The number of carboxylic acid groups (broad SMARTS) is 1. The van der Waals surface area contributed by atoms with E-state index < -0.39 is 11.4 Å². The number of rotatable bonds is 3. The minimum absolute atomic E-state index is 0.691. The molecule has 0 radical (unpaired) electrons. The predicted octanol–water partition coefficient (Wildman–Crippen LogP) is 2.43. The summed E-state index contributed by atoms with van der Waals surface area (Å²) in [6.07, 6.45) is 1.42. The first-order valence-electron chi connectivity index (χ1n) is 5.41. The number of aliphatic carboxylic acids is 1. The fourth-order valence-electron chi connectivity index (χ4n) is 2.15. The molecule has 0 bridgehead atoms. The molecule has 0 atom stereocenters. The van der Waals surface area contributed by atoms with Crippen LogP contribution in [-0.2, 0) is 10.2 Å². The molecule has 86 valence electrons. The largest absolute Gasteiger partial charge is 0.496 e. The first-order chi connectivity index (χ1) is 7.53. The lowest BCUT2D eigenvalue weighted by Crippen LogP contribution is -2.20. The van der Waals surface area contributed by atoms with Crippen molar-refractivity contribution in [2.75, 3.05) is 7.11 Å². The average Bonchev–Trinajstić information content (AvgIpc) is 3.02. The molecule has 0 spiro atoms. The lowest BCUT2D eigenvalue weighted by Gasteiger charge is -2.18. The molecule has 1 aromatic carbocycles. The van der Waals surface area contributed by atoms with Gasteiger partial charge in [0.1, 0.15) is 5.75 Å². The lowest BCUT2D eigenvalue weighted by molar-refractivity contribution is -0.140. The van der Waals surface area contributed by atoms with Crippen molar-refractivity contribution in [3.63, 3.8) is 0 Å². The summed E-state index contributed by atoms with van der Waals surface area (Å²) in [7, 11) is 1.60. The number of ether oxygens (including phenoxy) is 1. The van der Waals surface area contributed by atoms with E-state index in [9.17, 15) is 9.90 Å². The SMILES string of the molecule is COc1c(C2(C(=O)O)CC2)ccc(C)c1C. The van der Waals surface area contributed by atoms with E-state index in [0.717, 1.165) is 22.4 Å². The zero-order valence-corrected chi connectivity index (χ0v) is 9.83. The van der Waals surface area contributed by atoms with E-state index in [1.807, 2.05) is 26.0 Å². The molecular formula is C13H16O3. The van der Waals surface area contributed by atoms with Crippen LogP contribution < -0.4 is 4.74 Å². The molecule has 1 saturated carbocycles. The molecule has 0 heterocycles. The molecular weight excluding hydrogens is 204 g/mol. The van der Waals surface area contributed by atoms with Gasteiger partial charge in [0.25, 0.3) is 0 Å². The number of methoxy groups -OCH3 is 1. The summed E-state index contributed by atoms with van der Waals surface area (Å²) in [6.45, 7) is 3.97. The molecule has 3 nitrogen and oxygen atoms in total. The molecule has 3 heteroatoms. The summed E-state index contributed by atoms with van der Waals surface area (Å²) in [4.78, 5) is 11.3. The van der Waals surface area contributed by atoms with Crippen molar-refractivity contribution in [1.29, 1.82) is 0 Å². The average molecular weight is 220 g/mol. The molecule has 1 aliphatic rings. The summed E-state index contributed by atoms with van der Waals surface area (Å²) in [6, 6.07) is 3.86. The van der Waals surface area contributed by atoms with E-state index >= 15 is 0 Å². The quantitative estimate of drug-likeness (QED) is 0.851. The third kappa shape index (κ3) is 1.39. The minimum atomic E-state index is -0.742. The third-order valence-electron chi connectivity index (χ3n) is 3.56. The highest BCUT2D eigenvalue weighted by atomic mass is 16.5. The molecule has 1 aliphatic carbocycles. The zero-order chi connectivity index (χ0) is 11.9. The molecule has 0 saturated heterocycles.